The molecule has 2 N–H and O–H groups in total. The van der Waals surface area contributed by atoms with Crippen molar-refractivity contribution >= 4 is 29.1 Å². The van der Waals surface area contributed by atoms with E-state index in [4.69, 9.17) is 0 Å². The van der Waals surface area contributed by atoms with Crippen molar-refractivity contribution in [3.63, 3.8) is 0 Å². The number of carbonyl (C=O) groups excluding carboxylic acids is 3. The molecule has 6 nitrogen and oxygen atoms in total. The molecule has 26 heavy (non-hydrogen) atoms. The second kappa shape index (κ2) is 9.10. The maximum Gasteiger partial charge on any atom is 0.307 e. The van der Waals surface area contributed by atoms with Gasteiger partial charge in [-0.2, -0.15) is 0 Å². The van der Waals surface area contributed by atoms with Crippen LogP contribution in [-0.4, -0.2) is 30.9 Å². The van der Waals surface area contributed by atoms with Crippen LogP contribution in [-0.2, 0) is 14.3 Å². The molecule has 1 heterocycles. The fraction of sp³-hybridized carbons (Fsp3) is 0.278. The van der Waals surface area contributed by atoms with Gasteiger partial charge in [-0.25, -0.2) is 4.39 Å². The first kappa shape index (κ1) is 19.6. The number of hydrogen-bond donors (Lipinski definition) is 2. The van der Waals surface area contributed by atoms with Gasteiger partial charge in [-0.05, 0) is 36.1 Å². The molecular weight excluding hydrogens is 359 g/mol. The predicted octanol–water partition coefficient (Wildman–Crippen LogP) is 2.43. The largest absolute Gasteiger partial charge is 0.469 e. The fourth-order valence-corrected chi connectivity index (χ4v) is 2.86. The molecule has 0 aliphatic rings. The van der Waals surface area contributed by atoms with Gasteiger partial charge in [-0.1, -0.05) is 18.2 Å². The van der Waals surface area contributed by atoms with Crippen LogP contribution in [0, 0.1) is 5.82 Å². The van der Waals surface area contributed by atoms with Gasteiger partial charge in [0.2, 0.25) is 5.91 Å². The van der Waals surface area contributed by atoms with Crippen LogP contribution >= 0.6 is 11.3 Å². The molecule has 2 atom stereocenters. The number of carbonyl (C=O) groups is 3. The highest BCUT2D eigenvalue weighted by molar-refractivity contribution is 7.12. The Kier molecular flexibility index (Phi) is 6.85. The monoisotopic (exact) mass is 378 g/mol. The van der Waals surface area contributed by atoms with Crippen LogP contribution in [0.2, 0.25) is 0 Å². The molecule has 138 valence electrons. The number of benzene rings is 1. The van der Waals surface area contributed by atoms with E-state index in [9.17, 15) is 18.8 Å². The highest BCUT2D eigenvalue weighted by atomic mass is 32.1. The molecule has 0 fully saturated rings. The molecule has 0 aliphatic heterocycles. The Hall–Kier alpha value is -2.74. The number of ether oxygens (including phenoxy) is 1. The first-order valence-corrected chi connectivity index (χ1v) is 8.75. The van der Waals surface area contributed by atoms with Gasteiger partial charge in [-0.15, -0.1) is 11.3 Å². The summed E-state index contributed by atoms with van der Waals surface area (Å²) < 4.78 is 17.8. The van der Waals surface area contributed by atoms with E-state index in [1.807, 2.05) is 0 Å². The minimum Gasteiger partial charge on any atom is -0.469 e. The lowest BCUT2D eigenvalue weighted by Crippen LogP contribution is -2.46. The third-order valence-electron chi connectivity index (χ3n) is 3.67. The van der Waals surface area contributed by atoms with Crippen molar-refractivity contribution in [2.75, 3.05) is 7.11 Å². The molecule has 0 saturated carbocycles. The highest BCUT2D eigenvalue weighted by Crippen LogP contribution is 2.18. The lowest BCUT2D eigenvalue weighted by atomic mass is 10.0. The number of hydrogen-bond acceptors (Lipinski definition) is 5. The summed E-state index contributed by atoms with van der Waals surface area (Å²) in [5, 5.41) is 7.06. The zero-order chi connectivity index (χ0) is 19.1. The molecule has 0 bridgehead atoms. The summed E-state index contributed by atoms with van der Waals surface area (Å²) in [6.07, 6.45) is -0.112. The van der Waals surface area contributed by atoms with E-state index in [0.717, 1.165) is 0 Å². The fourth-order valence-electron chi connectivity index (χ4n) is 2.24. The Morgan fingerprint density at radius 3 is 2.42 bits per heavy atom. The average Bonchev–Trinajstić information content (AvgIpc) is 3.16. The highest BCUT2D eigenvalue weighted by Gasteiger charge is 2.23. The lowest BCUT2D eigenvalue weighted by molar-refractivity contribution is -0.141. The Morgan fingerprint density at radius 2 is 1.85 bits per heavy atom. The minimum absolute atomic E-state index is 0.112. The van der Waals surface area contributed by atoms with Gasteiger partial charge in [0.05, 0.1) is 24.4 Å². The summed E-state index contributed by atoms with van der Waals surface area (Å²) in [4.78, 5) is 36.6. The second-order valence-electron chi connectivity index (χ2n) is 5.57. The van der Waals surface area contributed by atoms with Crippen molar-refractivity contribution in [1.82, 2.24) is 10.6 Å². The quantitative estimate of drug-likeness (QED) is 0.725. The van der Waals surface area contributed by atoms with E-state index in [0.29, 0.717) is 10.4 Å². The van der Waals surface area contributed by atoms with E-state index in [2.05, 4.69) is 15.4 Å². The summed E-state index contributed by atoms with van der Waals surface area (Å²) in [5.74, 6) is -1.76. The molecule has 0 spiro atoms. The Bertz CT molecular complexity index is 762. The molecular formula is C18H19FN2O4S. The number of esters is 1. The Morgan fingerprint density at radius 1 is 1.15 bits per heavy atom. The van der Waals surface area contributed by atoms with Crippen LogP contribution in [0.25, 0.3) is 0 Å². The van der Waals surface area contributed by atoms with E-state index >= 15 is 0 Å². The number of methoxy groups -OCH3 is 1. The Labute approximate surface area is 154 Å². The number of rotatable bonds is 7. The summed E-state index contributed by atoms with van der Waals surface area (Å²) in [7, 11) is 1.25. The zero-order valence-corrected chi connectivity index (χ0v) is 15.1. The van der Waals surface area contributed by atoms with Gasteiger partial charge in [0.25, 0.3) is 5.91 Å². The van der Waals surface area contributed by atoms with Crippen molar-refractivity contribution in [2.24, 2.45) is 0 Å². The maximum absolute atomic E-state index is 13.1. The maximum atomic E-state index is 13.1. The molecule has 0 saturated heterocycles. The smallest absolute Gasteiger partial charge is 0.307 e. The first-order chi connectivity index (χ1) is 12.4. The SMILES string of the molecule is COC(=O)CC(NC(=O)C(C)NC(=O)c1cccs1)c1ccc(F)cc1. The topological polar surface area (TPSA) is 84.5 Å². The normalized spacial score (nSPS) is 12.7. The van der Waals surface area contributed by atoms with Crippen molar-refractivity contribution in [3.8, 4) is 0 Å². The molecule has 2 rings (SSSR count). The number of halogens is 1. The van der Waals surface area contributed by atoms with Gasteiger partial charge in [0.1, 0.15) is 11.9 Å². The zero-order valence-electron chi connectivity index (χ0n) is 14.3. The van der Waals surface area contributed by atoms with Crippen molar-refractivity contribution in [1.29, 1.82) is 0 Å². The van der Waals surface area contributed by atoms with E-state index in [1.165, 1.54) is 42.7 Å². The van der Waals surface area contributed by atoms with Crippen molar-refractivity contribution < 1.29 is 23.5 Å². The van der Waals surface area contributed by atoms with Crippen molar-refractivity contribution in [3.05, 3.63) is 58.0 Å². The van der Waals surface area contributed by atoms with E-state index in [1.54, 1.807) is 24.4 Å². The number of nitrogens with one attached hydrogen (secondary N) is 2. The summed E-state index contributed by atoms with van der Waals surface area (Å²) in [5.41, 5.74) is 0.557. The molecule has 1 aromatic carbocycles. The van der Waals surface area contributed by atoms with Gasteiger partial charge in [-0.3, -0.25) is 14.4 Å². The number of thiophene rings is 1. The van der Waals surface area contributed by atoms with Crippen LogP contribution in [0.15, 0.2) is 41.8 Å². The van der Waals surface area contributed by atoms with Crippen LogP contribution in [0.5, 0.6) is 0 Å². The summed E-state index contributed by atoms with van der Waals surface area (Å²) >= 11 is 1.27. The standard InChI is InChI=1S/C18H19FN2O4S/c1-11(20-18(24)15-4-3-9-26-15)17(23)21-14(10-16(22)25-2)12-5-7-13(19)8-6-12/h3-9,11,14H,10H2,1-2H3,(H,20,24)(H,21,23). The van der Waals surface area contributed by atoms with Crippen LogP contribution in [0.1, 0.15) is 34.6 Å². The molecule has 2 amide bonds. The van der Waals surface area contributed by atoms with E-state index in [-0.39, 0.29) is 12.3 Å². The number of amides is 2. The lowest BCUT2D eigenvalue weighted by Gasteiger charge is -2.21. The third kappa shape index (κ3) is 5.38. The average molecular weight is 378 g/mol. The first-order valence-electron chi connectivity index (χ1n) is 7.87. The molecule has 1 aromatic heterocycles. The summed E-state index contributed by atoms with van der Waals surface area (Å²) in [6, 6.07) is 7.34. The molecule has 2 unspecified atom stereocenters. The Balaban J connectivity index is 2.05. The van der Waals surface area contributed by atoms with Crippen LogP contribution in [0.4, 0.5) is 4.39 Å². The van der Waals surface area contributed by atoms with Crippen molar-refractivity contribution in [2.45, 2.75) is 25.4 Å². The molecule has 8 heteroatoms. The molecule has 0 aliphatic carbocycles. The van der Waals surface area contributed by atoms with Gasteiger partial charge >= 0.3 is 5.97 Å². The summed E-state index contributed by atoms with van der Waals surface area (Å²) in [6.45, 7) is 1.54. The molecule has 0 radical (unpaired) electrons. The third-order valence-corrected chi connectivity index (χ3v) is 4.54. The van der Waals surface area contributed by atoms with Crippen LogP contribution in [0.3, 0.4) is 0 Å². The van der Waals surface area contributed by atoms with Crippen LogP contribution < -0.4 is 10.6 Å². The minimum atomic E-state index is -0.815. The molecule has 2 aromatic rings. The van der Waals surface area contributed by atoms with Gasteiger partial charge in [0.15, 0.2) is 0 Å². The van der Waals surface area contributed by atoms with E-state index < -0.39 is 29.8 Å². The van der Waals surface area contributed by atoms with Gasteiger partial charge in [0, 0.05) is 0 Å². The van der Waals surface area contributed by atoms with Gasteiger partial charge < -0.3 is 15.4 Å². The predicted molar refractivity (Wildman–Crippen MR) is 95.2 cm³/mol. The second-order valence-corrected chi connectivity index (χ2v) is 6.51.